The minimum absolute atomic E-state index is 0.0156. The fourth-order valence-corrected chi connectivity index (χ4v) is 7.21. The summed E-state index contributed by atoms with van der Waals surface area (Å²) in [6, 6.07) is 14.3. The molecule has 0 saturated carbocycles. The van der Waals surface area contributed by atoms with Gasteiger partial charge in [0.05, 0.1) is 68.8 Å². The Morgan fingerprint density at radius 1 is 0.493 bits per heavy atom. The Kier molecular flexibility index (Phi) is 16.1. The van der Waals surface area contributed by atoms with Crippen molar-refractivity contribution in [2.24, 2.45) is 0 Å². The molecule has 5 N–H and O–H groups in total. The van der Waals surface area contributed by atoms with Crippen molar-refractivity contribution in [2.75, 3.05) is 24.7 Å². The van der Waals surface area contributed by atoms with Crippen LogP contribution >= 0.6 is 0 Å². The van der Waals surface area contributed by atoms with Gasteiger partial charge in [-0.15, -0.1) is 23.8 Å². The Morgan fingerprint density at radius 2 is 0.831 bits per heavy atom. The largest absolute Gasteiger partial charge is 0.478 e. The number of carbonyl (C=O) groups is 12. The zero-order valence-corrected chi connectivity index (χ0v) is 36.5. The van der Waals surface area contributed by atoms with Crippen LogP contribution in [0.2, 0.25) is 0 Å². The number of aromatic carboxylic acids is 2. The first-order valence-electron chi connectivity index (χ1n) is 18.8. The van der Waals surface area contributed by atoms with Crippen LogP contribution in [0.5, 0.6) is 11.5 Å². The number of fused-ring (bicyclic) bond motifs is 4. The Labute approximate surface area is 394 Å². The first kappa shape index (κ1) is 53.0. The van der Waals surface area contributed by atoms with Crippen LogP contribution < -0.4 is 9.47 Å². The first-order valence-corrected chi connectivity index (χ1v) is 22.0. The first-order chi connectivity index (χ1) is 33.4. The second-order valence-corrected chi connectivity index (χ2v) is 16.8. The van der Waals surface area contributed by atoms with Crippen LogP contribution in [0.15, 0.2) is 72.8 Å². The second kappa shape index (κ2) is 21.5. The van der Waals surface area contributed by atoms with Gasteiger partial charge in [0, 0.05) is 0 Å². The fourth-order valence-electron chi connectivity index (χ4n) is 5.89. The van der Waals surface area contributed by atoms with Gasteiger partial charge < -0.3 is 34.6 Å². The topological polar surface area (TPSA) is 430 Å². The van der Waals surface area contributed by atoms with E-state index in [1.165, 1.54) is 36.4 Å². The van der Waals surface area contributed by atoms with Gasteiger partial charge in [0.2, 0.25) is 0 Å². The number of hydroxylamine groups is 6. The highest BCUT2D eigenvalue weighted by molar-refractivity contribution is 7.86. The number of amides is 6. The molecule has 0 spiro atoms. The SMILES string of the molecule is O=C(O)c1ccc2c(c1)C(=O)N(OS(=O)(=O)CCO)C2=O.O=C(O)c1ccc2c(c1)C(=O)N(OS(=O)(=O)CCO)C2=O.O=COc1ccc2c(c1)C(=O)N(O)C2=O.O=COc1ccc2c(c1)C(=O)OC2=O. The van der Waals surface area contributed by atoms with E-state index >= 15 is 0 Å². The molecule has 0 bridgehead atoms. The molecule has 4 aromatic rings. The van der Waals surface area contributed by atoms with Crippen LogP contribution in [0.3, 0.4) is 0 Å². The van der Waals surface area contributed by atoms with E-state index in [1.807, 2.05) is 0 Å². The third kappa shape index (κ3) is 11.7. The van der Waals surface area contributed by atoms with Gasteiger partial charge in [-0.3, -0.25) is 43.6 Å². The number of benzene rings is 4. The molecular weight excluding hydrogens is 1000 g/mol. The second-order valence-electron chi connectivity index (χ2n) is 13.5. The Bertz CT molecular complexity index is 3090. The molecule has 0 atom stereocenters. The number of carboxylic acids is 2. The van der Waals surface area contributed by atoms with Crippen molar-refractivity contribution in [1.82, 2.24) is 15.2 Å². The molecule has 370 valence electrons. The maximum Gasteiger partial charge on any atom is 0.347 e. The van der Waals surface area contributed by atoms with Crippen molar-refractivity contribution < 1.29 is 123 Å². The smallest absolute Gasteiger partial charge is 0.347 e. The minimum atomic E-state index is -4.31. The molecule has 29 nitrogen and oxygen atoms in total. The molecule has 71 heavy (non-hydrogen) atoms. The summed E-state index contributed by atoms with van der Waals surface area (Å²) in [4.78, 5) is 134. The number of imide groups is 3. The van der Waals surface area contributed by atoms with Crippen molar-refractivity contribution >= 4 is 92.5 Å². The summed E-state index contributed by atoms with van der Waals surface area (Å²) in [6.45, 7) is -1.03. The van der Waals surface area contributed by atoms with Crippen molar-refractivity contribution in [1.29, 1.82) is 0 Å². The average molecular weight is 1030 g/mol. The molecule has 6 amide bonds. The van der Waals surface area contributed by atoms with Crippen LogP contribution in [-0.4, -0.2) is 155 Å². The fraction of sp³-hybridized carbons (Fsp3) is 0.100. The number of aliphatic hydroxyl groups excluding tert-OH is 2. The molecule has 0 fully saturated rings. The lowest BCUT2D eigenvalue weighted by Gasteiger charge is -2.11. The number of carboxylic acid groups (broad SMARTS) is 2. The number of cyclic esters (lactones) is 2. The van der Waals surface area contributed by atoms with Gasteiger partial charge in [-0.05, 0) is 72.8 Å². The van der Waals surface area contributed by atoms with Crippen LogP contribution in [0.1, 0.15) is 104 Å². The Hall–Kier alpha value is -8.98. The van der Waals surface area contributed by atoms with E-state index in [-0.39, 0.29) is 95.3 Å². The number of carbonyl (C=O) groups excluding carboxylic acids is 10. The molecule has 4 aliphatic rings. The number of aliphatic hydroxyl groups is 2. The monoisotopic (exact) mass is 1030 g/mol. The Balaban J connectivity index is 0.000000179. The lowest BCUT2D eigenvalue weighted by molar-refractivity contribution is -0.121. The summed E-state index contributed by atoms with van der Waals surface area (Å²) in [5.41, 5.74) is -0.901. The summed E-state index contributed by atoms with van der Waals surface area (Å²) in [6.07, 6.45) is 0. The number of hydrogen-bond donors (Lipinski definition) is 5. The van der Waals surface area contributed by atoms with Crippen LogP contribution in [-0.2, 0) is 43.1 Å². The number of rotatable bonds is 14. The molecule has 31 heteroatoms. The highest BCUT2D eigenvalue weighted by atomic mass is 32.2. The molecule has 0 aromatic heterocycles. The van der Waals surface area contributed by atoms with Gasteiger partial charge in [0.15, 0.2) is 0 Å². The number of hydrogen-bond acceptors (Lipinski definition) is 24. The van der Waals surface area contributed by atoms with Crippen LogP contribution in [0.4, 0.5) is 0 Å². The summed E-state index contributed by atoms with van der Waals surface area (Å²) in [7, 11) is -8.61. The van der Waals surface area contributed by atoms with E-state index in [9.17, 15) is 74.4 Å². The predicted molar refractivity (Wildman–Crippen MR) is 220 cm³/mol. The lowest BCUT2D eigenvalue weighted by atomic mass is 10.1. The highest BCUT2D eigenvalue weighted by Crippen LogP contribution is 2.28. The normalized spacial score (nSPS) is 14.2. The van der Waals surface area contributed by atoms with E-state index < -0.39 is 104 Å². The zero-order chi connectivity index (χ0) is 52.7. The van der Waals surface area contributed by atoms with E-state index in [4.69, 9.17) is 25.6 Å². The Morgan fingerprint density at radius 3 is 1.24 bits per heavy atom. The van der Waals surface area contributed by atoms with E-state index in [0.717, 1.165) is 36.4 Å². The molecule has 4 heterocycles. The summed E-state index contributed by atoms with van der Waals surface area (Å²) in [5, 5.41) is 43.9. The maximum atomic E-state index is 11.9. The molecule has 8 rings (SSSR count). The maximum absolute atomic E-state index is 11.9. The zero-order valence-electron chi connectivity index (χ0n) is 34.9. The van der Waals surface area contributed by atoms with Crippen molar-refractivity contribution in [3.63, 3.8) is 0 Å². The summed E-state index contributed by atoms with van der Waals surface area (Å²) >= 11 is 0. The third-order valence-electron chi connectivity index (χ3n) is 9.07. The number of nitrogens with zero attached hydrogens (tertiary/aromatic N) is 3. The molecule has 0 unspecified atom stereocenters. The average Bonchev–Trinajstić information content (AvgIpc) is 3.91. The van der Waals surface area contributed by atoms with E-state index in [2.05, 4.69) is 22.8 Å². The molecule has 0 aliphatic carbocycles. The summed E-state index contributed by atoms with van der Waals surface area (Å²) in [5.74, 6) is -11.1. The van der Waals surface area contributed by atoms with Crippen molar-refractivity contribution in [3.8, 4) is 11.5 Å². The third-order valence-corrected chi connectivity index (χ3v) is 11.2. The standard InChI is InChI=1S/2C11H9NO8S.C9H5NO5.C9H4O5/c2*13-3-4-21(18,19)20-12-9(14)7-2-1-6(11(16)17)5-8(7)10(12)15;11-4-15-5-1-2-6-7(3-5)9(13)10(14)8(6)12;10-4-13-5-1-2-6-7(3-5)9(12)14-8(6)11/h2*1-2,5,13H,3-4H2,(H,16,17);1-4,14H;1-4H. The lowest BCUT2D eigenvalue weighted by Crippen LogP contribution is -2.34. The van der Waals surface area contributed by atoms with Crippen molar-refractivity contribution in [2.45, 2.75) is 0 Å². The molecule has 0 radical (unpaired) electrons. The molecule has 0 saturated heterocycles. The van der Waals surface area contributed by atoms with Gasteiger partial charge in [-0.2, -0.15) is 16.8 Å². The van der Waals surface area contributed by atoms with E-state index in [0.29, 0.717) is 0 Å². The molecular formula is C40H27N3O26S2. The van der Waals surface area contributed by atoms with Gasteiger partial charge in [0.1, 0.15) is 23.0 Å². The van der Waals surface area contributed by atoms with Gasteiger partial charge in [-0.25, -0.2) is 19.2 Å². The minimum Gasteiger partial charge on any atom is -0.478 e. The van der Waals surface area contributed by atoms with Gasteiger partial charge in [-0.1, -0.05) is 0 Å². The van der Waals surface area contributed by atoms with Gasteiger partial charge in [0.25, 0.3) is 68.6 Å². The van der Waals surface area contributed by atoms with Crippen LogP contribution in [0.25, 0.3) is 0 Å². The van der Waals surface area contributed by atoms with Crippen LogP contribution in [0, 0.1) is 0 Å². The number of ether oxygens (including phenoxy) is 3. The quantitative estimate of drug-likeness (QED) is 0.0340. The molecule has 4 aliphatic heterocycles. The highest BCUT2D eigenvalue weighted by Gasteiger charge is 2.42. The summed E-state index contributed by atoms with van der Waals surface area (Å²) < 4.78 is 67.6. The van der Waals surface area contributed by atoms with E-state index in [1.54, 1.807) is 0 Å². The number of esters is 2. The predicted octanol–water partition coefficient (Wildman–Crippen LogP) is -0.792. The van der Waals surface area contributed by atoms with Crippen molar-refractivity contribution in [3.05, 3.63) is 128 Å². The molecule has 4 aromatic carbocycles. The van der Waals surface area contributed by atoms with Gasteiger partial charge >= 0.3 is 23.9 Å².